The van der Waals surface area contributed by atoms with Gasteiger partial charge in [-0.3, -0.25) is 19.2 Å². The molecular formula is C30H37N3O5. The molecule has 38 heavy (non-hydrogen) atoms. The first-order valence-corrected chi connectivity index (χ1v) is 13.6. The maximum atomic E-state index is 13.8. The number of carbonyl (C=O) groups is 4. The summed E-state index contributed by atoms with van der Waals surface area (Å²) in [5, 5.41) is 12.5. The molecule has 2 N–H and O–H groups in total. The summed E-state index contributed by atoms with van der Waals surface area (Å²) in [5.41, 5.74) is 2.48. The van der Waals surface area contributed by atoms with E-state index in [-0.39, 0.29) is 43.7 Å². The number of benzene rings is 2. The summed E-state index contributed by atoms with van der Waals surface area (Å²) in [6, 6.07) is 16.2. The Morgan fingerprint density at radius 3 is 2.24 bits per heavy atom. The average Bonchev–Trinajstić information content (AvgIpc) is 3.38. The standard InChI is InChI=1S/C30H37N3O5/c1-21-12-15-24(16-13-21)30(38)33-19-18-32(26(34)17-14-22-8-4-2-5-9-22)29(33)28(37)31-25(20-27(35)36)23-10-6-3-7-11-23/h2,4-5,8-9,12-13,15-16,23,25,29H,3,6-7,10-11,14,17-20H2,1H3,(H,31,37)(H,35,36). The molecule has 8 heteroatoms. The lowest BCUT2D eigenvalue weighted by molar-refractivity contribution is -0.143. The van der Waals surface area contributed by atoms with Crippen LogP contribution in [-0.2, 0) is 20.8 Å². The highest BCUT2D eigenvalue weighted by atomic mass is 16.4. The Labute approximate surface area is 224 Å². The summed E-state index contributed by atoms with van der Waals surface area (Å²) in [6.07, 6.45) is 4.26. The van der Waals surface area contributed by atoms with E-state index >= 15 is 0 Å². The normalized spacial score (nSPS) is 18.7. The van der Waals surface area contributed by atoms with E-state index < -0.39 is 24.1 Å². The summed E-state index contributed by atoms with van der Waals surface area (Å²) < 4.78 is 0. The van der Waals surface area contributed by atoms with E-state index in [4.69, 9.17) is 0 Å². The van der Waals surface area contributed by atoms with E-state index in [2.05, 4.69) is 5.32 Å². The van der Waals surface area contributed by atoms with Crippen LogP contribution in [0.5, 0.6) is 0 Å². The van der Waals surface area contributed by atoms with Gasteiger partial charge in [0.2, 0.25) is 5.91 Å². The first-order valence-electron chi connectivity index (χ1n) is 13.6. The van der Waals surface area contributed by atoms with Gasteiger partial charge in [-0.25, -0.2) is 0 Å². The maximum absolute atomic E-state index is 13.8. The van der Waals surface area contributed by atoms with Crippen molar-refractivity contribution in [1.82, 2.24) is 15.1 Å². The van der Waals surface area contributed by atoms with Crippen molar-refractivity contribution in [2.24, 2.45) is 5.92 Å². The summed E-state index contributed by atoms with van der Waals surface area (Å²) in [4.78, 5) is 55.2. The topological polar surface area (TPSA) is 107 Å². The van der Waals surface area contributed by atoms with Gasteiger partial charge in [0.15, 0.2) is 6.17 Å². The molecule has 8 nitrogen and oxygen atoms in total. The first kappa shape index (κ1) is 27.4. The summed E-state index contributed by atoms with van der Waals surface area (Å²) >= 11 is 0. The van der Waals surface area contributed by atoms with Crippen LogP contribution < -0.4 is 5.32 Å². The van der Waals surface area contributed by atoms with E-state index in [1.807, 2.05) is 49.4 Å². The largest absolute Gasteiger partial charge is 0.481 e. The van der Waals surface area contributed by atoms with Gasteiger partial charge in [-0.05, 0) is 49.8 Å². The van der Waals surface area contributed by atoms with Crippen LogP contribution in [0.15, 0.2) is 54.6 Å². The fourth-order valence-electron chi connectivity index (χ4n) is 5.60. The van der Waals surface area contributed by atoms with Crippen molar-refractivity contribution in [2.75, 3.05) is 13.1 Å². The molecule has 2 fully saturated rings. The molecule has 1 saturated carbocycles. The number of amides is 3. The van der Waals surface area contributed by atoms with Gasteiger partial charge in [-0.15, -0.1) is 0 Å². The quantitative estimate of drug-likeness (QED) is 0.524. The Morgan fingerprint density at radius 1 is 0.921 bits per heavy atom. The third-order valence-corrected chi connectivity index (χ3v) is 7.70. The molecule has 3 amide bonds. The Kier molecular flexibility index (Phi) is 9.15. The lowest BCUT2D eigenvalue weighted by Gasteiger charge is -2.34. The van der Waals surface area contributed by atoms with Crippen molar-refractivity contribution in [3.8, 4) is 0 Å². The van der Waals surface area contributed by atoms with Crippen LogP contribution >= 0.6 is 0 Å². The highest BCUT2D eigenvalue weighted by molar-refractivity contribution is 5.99. The number of hydrogen-bond acceptors (Lipinski definition) is 4. The zero-order valence-electron chi connectivity index (χ0n) is 22.0. The zero-order chi connectivity index (χ0) is 27.1. The molecular weight excluding hydrogens is 482 g/mol. The van der Waals surface area contributed by atoms with Crippen molar-refractivity contribution < 1.29 is 24.3 Å². The number of aliphatic carboxylic acids is 1. The van der Waals surface area contributed by atoms with Gasteiger partial charge in [-0.1, -0.05) is 67.3 Å². The first-order chi connectivity index (χ1) is 18.3. The molecule has 2 atom stereocenters. The fourth-order valence-corrected chi connectivity index (χ4v) is 5.60. The van der Waals surface area contributed by atoms with Crippen molar-refractivity contribution in [1.29, 1.82) is 0 Å². The number of aryl methyl sites for hydroxylation is 2. The Morgan fingerprint density at radius 2 is 1.58 bits per heavy atom. The lowest BCUT2D eigenvalue weighted by Crippen LogP contribution is -2.57. The minimum absolute atomic E-state index is 0.0636. The number of nitrogens with zero attached hydrogens (tertiary/aromatic N) is 2. The smallest absolute Gasteiger partial charge is 0.305 e. The van der Waals surface area contributed by atoms with Crippen LogP contribution in [0.1, 0.15) is 66.4 Å². The van der Waals surface area contributed by atoms with Gasteiger partial charge < -0.3 is 20.2 Å². The minimum atomic E-state index is -1.12. The van der Waals surface area contributed by atoms with Crippen LogP contribution in [0.4, 0.5) is 0 Å². The van der Waals surface area contributed by atoms with Gasteiger partial charge in [0.1, 0.15) is 0 Å². The maximum Gasteiger partial charge on any atom is 0.305 e. The molecule has 2 aromatic carbocycles. The third kappa shape index (κ3) is 6.79. The number of carbonyl (C=O) groups excluding carboxylic acids is 3. The molecule has 0 bridgehead atoms. The van der Waals surface area contributed by atoms with Gasteiger partial charge >= 0.3 is 5.97 Å². The molecule has 1 heterocycles. The predicted octanol–water partition coefficient (Wildman–Crippen LogP) is 3.78. The van der Waals surface area contributed by atoms with Crippen molar-refractivity contribution in [3.63, 3.8) is 0 Å². The molecule has 2 aliphatic rings. The second-order valence-electron chi connectivity index (χ2n) is 10.4. The molecule has 202 valence electrons. The fraction of sp³-hybridized carbons (Fsp3) is 0.467. The molecule has 0 radical (unpaired) electrons. The van der Waals surface area contributed by atoms with Crippen LogP contribution in [-0.4, -0.2) is 63.9 Å². The van der Waals surface area contributed by atoms with Crippen molar-refractivity contribution >= 4 is 23.7 Å². The van der Waals surface area contributed by atoms with Crippen LogP contribution in [0.25, 0.3) is 0 Å². The lowest BCUT2D eigenvalue weighted by atomic mass is 9.82. The van der Waals surface area contributed by atoms with Crippen molar-refractivity contribution in [2.45, 2.75) is 70.5 Å². The minimum Gasteiger partial charge on any atom is -0.481 e. The van der Waals surface area contributed by atoms with Gasteiger partial charge in [0.05, 0.1) is 6.42 Å². The zero-order valence-corrected chi connectivity index (χ0v) is 22.0. The van der Waals surface area contributed by atoms with Gasteiger partial charge in [0, 0.05) is 31.1 Å². The number of nitrogens with one attached hydrogen (secondary N) is 1. The van der Waals surface area contributed by atoms with E-state index in [9.17, 15) is 24.3 Å². The molecule has 2 unspecified atom stereocenters. The van der Waals surface area contributed by atoms with Gasteiger partial charge in [-0.2, -0.15) is 0 Å². The van der Waals surface area contributed by atoms with Crippen LogP contribution in [0.2, 0.25) is 0 Å². The molecule has 1 aliphatic heterocycles. The number of hydrogen-bond donors (Lipinski definition) is 2. The number of carboxylic acid groups (broad SMARTS) is 1. The molecule has 1 aliphatic carbocycles. The molecule has 0 spiro atoms. The number of carboxylic acids is 1. The third-order valence-electron chi connectivity index (χ3n) is 7.70. The summed E-state index contributed by atoms with van der Waals surface area (Å²) in [5.74, 6) is -1.94. The highest BCUT2D eigenvalue weighted by Gasteiger charge is 2.43. The summed E-state index contributed by atoms with van der Waals surface area (Å²) in [7, 11) is 0. The average molecular weight is 520 g/mol. The Bertz CT molecular complexity index is 1130. The summed E-state index contributed by atoms with van der Waals surface area (Å²) in [6.45, 7) is 2.41. The second-order valence-corrected chi connectivity index (χ2v) is 10.4. The predicted molar refractivity (Wildman–Crippen MR) is 143 cm³/mol. The highest BCUT2D eigenvalue weighted by Crippen LogP contribution is 2.29. The molecule has 2 aromatic rings. The van der Waals surface area contributed by atoms with E-state index in [1.165, 1.54) is 9.80 Å². The second kappa shape index (κ2) is 12.7. The SMILES string of the molecule is Cc1ccc(C(=O)N2CCN(C(=O)CCc3ccccc3)C2C(=O)NC(CC(=O)O)C2CCCCC2)cc1. The number of rotatable bonds is 9. The van der Waals surface area contributed by atoms with Crippen molar-refractivity contribution in [3.05, 3.63) is 71.3 Å². The van der Waals surface area contributed by atoms with Crippen LogP contribution in [0.3, 0.4) is 0 Å². The Balaban J connectivity index is 1.56. The van der Waals surface area contributed by atoms with Crippen LogP contribution in [0, 0.1) is 12.8 Å². The monoisotopic (exact) mass is 519 g/mol. The van der Waals surface area contributed by atoms with E-state index in [0.717, 1.165) is 43.2 Å². The molecule has 1 saturated heterocycles. The molecule has 4 rings (SSSR count). The van der Waals surface area contributed by atoms with Gasteiger partial charge in [0.25, 0.3) is 11.8 Å². The molecule has 0 aromatic heterocycles. The van der Waals surface area contributed by atoms with E-state index in [1.54, 1.807) is 12.1 Å². The van der Waals surface area contributed by atoms with E-state index in [0.29, 0.717) is 12.0 Å². The Hall–Kier alpha value is -3.68.